The molecule has 2 amide bonds. The number of benzene rings is 3. The van der Waals surface area contributed by atoms with Gasteiger partial charge in [0.15, 0.2) is 0 Å². The van der Waals surface area contributed by atoms with Gasteiger partial charge in [0.1, 0.15) is 11.1 Å². The molecule has 0 aliphatic heterocycles. The van der Waals surface area contributed by atoms with E-state index in [0.717, 1.165) is 5.69 Å². The maximum absolute atomic E-state index is 12.8. The predicted molar refractivity (Wildman–Crippen MR) is 114 cm³/mol. The van der Waals surface area contributed by atoms with Crippen molar-refractivity contribution >= 4 is 34.2 Å². The van der Waals surface area contributed by atoms with Crippen molar-refractivity contribution in [2.24, 2.45) is 10.8 Å². The molecule has 0 radical (unpaired) electrons. The second kappa shape index (κ2) is 8.32. The number of hydrogen-bond acceptors (Lipinski definition) is 5. The van der Waals surface area contributed by atoms with Crippen LogP contribution in [0.1, 0.15) is 20.7 Å². The summed E-state index contributed by atoms with van der Waals surface area (Å²) in [7, 11) is 0. The molecule has 0 saturated heterocycles. The second-order valence-electron chi connectivity index (χ2n) is 6.46. The fourth-order valence-corrected chi connectivity index (χ4v) is 2.96. The number of anilines is 2. The molecule has 0 spiro atoms. The number of para-hydroxylation sites is 3. The molecule has 0 bridgehead atoms. The number of nitrogens with zero attached hydrogens (tertiary/aromatic N) is 1. The summed E-state index contributed by atoms with van der Waals surface area (Å²) in [5.74, 6) is -1.17. The molecule has 0 fully saturated rings. The first kappa shape index (κ1) is 18.9. The molecule has 0 aliphatic rings. The lowest BCUT2D eigenvalue weighted by Crippen LogP contribution is -2.27. The van der Waals surface area contributed by atoms with Gasteiger partial charge in [0.25, 0.3) is 11.8 Å². The van der Waals surface area contributed by atoms with Crippen molar-refractivity contribution in [3.63, 3.8) is 0 Å². The van der Waals surface area contributed by atoms with Crippen LogP contribution in [0.25, 0.3) is 11.0 Å². The Morgan fingerprint density at radius 2 is 1.53 bits per heavy atom. The Bertz CT molecular complexity index is 1300. The van der Waals surface area contributed by atoms with Crippen LogP contribution in [0.3, 0.4) is 0 Å². The quantitative estimate of drug-likeness (QED) is 0.447. The highest BCUT2D eigenvalue weighted by Gasteiger charge is 2.13. The number of carbonyl (C=O) groups excluding carboxylic acids is 2. The van der Waals surface area contributed by atoms with E-state index in [1.54, 1.807) is 42.5 Å². The fraction of sp³-hybridized carbons (Fsp3) is 0. The van der Waals surface area contributed by atoms with E-state index in [-0.39, 0.29) is 11.1 Å². The molecular formula is C23H18N4O3. The van der Waals surface area contributed by atoms with Gasteiger partial charge in [-0.2, -0.15) is 0 Å². The Kier molecular flexibility index (Phi) is 5.25. The summed E-state index contributed by atoms with van der Waals surface area (Å²) in [4.78, 5) is 24.6. The summed E-state index contributed by atoms with van der Waals surface area (Å²) < 4.78 is 5.67. The molecule has 0 atom stereocenters. The van der Waals surface area contributed by atoms with Crippen LogP contribution in [0, 0.1) is 0 Å². The lowest BCUT2D eigenvalue weighted by atomic mass is 10.1. The molecule has 1 heterocycles. The fourth-order valence-electron chi connectivity index (χ4n) is 2.96. The zero-order chi connectivity index (χ0) is 20.9. The Hall–Kier alpha value is -4.39. The third-order valence-electron chi connectivity index (χ3n) is 4.40. The molecule has 1 aromatic heterocycles. The van der Waals surface area contributed by atoms with Crippen molar-refractivity contribution in [2.45, 2.75) is 0 Å². The summed E-state index contributed by atoms with van der Waals surface area (Å²) in [6.07, 6.45) is 0. The van der Waals surface area contributed by atoms with Gasteiger partial charge in [-0.3, -0.25) is 9.59 Å². The molecule has 0 aliphatic carbocycles. The number of primary amides is 1. The first-order valence-corrected chi connectivity index (χ1v) is 9.20. The summed E-state index contributed by atoms with van der Waals surface area (Å²) in [5.41, 5.74) is 10.3. The van der Waals surface area contributed by atoms with Crippen molar-refractivity contribution in [1.82, 2.24) is 5.43 Å². The molecule has 7 heteroatoms. The van der Waals surface area contributed by atoms with Gasteiger partial charge in [-0.1, -0.05) is 48.5 Å². The van der Waals surface area contributed by atoms with Gasteiger partial charge in [0.05, 0.1) is 11.3 Å². The number of nitrogens with two attached hydrogens (primary N) is 1. The van der Waals surface area contributed by atoms with Crippen LogP contribution in [-0.4, -0.2) is 11.8 Å². The van der Waals surface area contributed by atoms with E-state index in [1.807, 2.05) is 42.5 Å². The van der Waals surface area contributed by atoms with Crippen molar-refractivity contribution in [2.75, 3.05) is 5.32 Å². The Balaban J connectivity index is 1.66. The van der Waals surface area contributed by atoms with Gasteiger partial charge in [-0.15, -0.1) is 5.10 Å². The van der Waals surface area contributed by atoms with Crippen LogP contribution >= 0.6 is 0 Å². The molecule has 7 nitrogen and oxygen atoms in total. The molecule has 0 unspecified atom stereocenters. The lowest BCUT2D eigenvalue weighted by Gasteiger charge is -2.10. The highest BCUT2D eigenvalue weighted by Crippen LogP contribution is 2.20. The summed E-state index contributed by atoms with van der Waals surface area (Å²) in [6.45, 7) is 0. The van der Waals surface area contributed by atoms with Crippen LogP contribution in [0.2, 0.25) is 0 Å². The van der Waals surface area contributed by atoms with Crippen molar-refractivity contribution in [1.29, 1.82) is 0 Å². The molecule has 0 saturated carbocycles. The number of carbonyl (C=O) groups is 2. The van der Waals surface area contributed by atoms with E-state index in [0.29, 0.717) is 22.2 Å². The predicted octanol–water partition coefficient (Wildman–Crippen LogP) is 3.52. The van der Waals surface area contributed by atoms with Crippen LogP contribution in [-0.2, 0) is 0 Å². The molecule has 30 heavy (non-hydrogen) atoms. The highest BCUT2D eigenvalue weighted by atomic mass is 16.3. The Morgan fingerprint density at radius 3 is 2.33 bits per heavy atom. The number of amides is 2. The van der Waals surface area contributed by atoms with Crippen molar-refractivity contribution in [3.8, 4) is 0 Å². The summed E-state index contributed by atoms with van der Waals surface area (Å²) >= 11 is 0. The van der Waals surface area contributed by atoms with Gasteiger partial charge < -0.3 is 15.5 Å². The molecular weight excluding hydrogens is 380 g/mol. The van der Waals surface area contributed by atoms with Crippen LogP contribution in [0.4, 0.5) is 11.4 Å². The van der Waals surface area contributed by atoms with Crippen LogP contribution in [0.5, 0.6) is 0 Å². The first-order valence-electron chi connectivity index (χ1n) is 9.20. The number of rotatable bonds is 5. The number of hydrogen-bond donors (Lipinski definition) is 3. The van der Waals surface area contributed by atoms with E-state index >= 15 is 0 Å². The zero-order valence-electron chi connectivity index (χ0n) is 15.8. The second-order valence-corrected chi connectivity index (χ2v) is 6.46. The maximum Gasteiger partial charge on any atom is 0.273 e. The normalized spacial score (nSPS) is 11.3. The van der Waals surface area contributed by atoms with E-state index in [4.69, 9.17) is 10.2 Å². The Morgan fingerprint density at radius 1 is 0.833 bits per heavy atom. The van der Waals surface area contributed by atoms with Gasteiger partial charge >= 0.3 is 0 Å². The van der Waals surface area contributed by atoms with Gasteiger partial charge in [0.2, 0.25) is 5.55 Å². The van der Waals surface area contributed by atoms with Gasteiger partial charge in [-0.05, 0) is 36.4 Å². The van der Waals surface area contributed by atoms with Crippen LogP contribution in [0.15, 0.2) is 94.4 Å². The van der Waals surface area contributed by atoms with E-state index in [9.17, 15) is 9.59 Å². The lowest BCUT2D eigenvalue weighted by molar-refractivity contribution is 0.0947. The Labute approximate surface area is 171 Å². The minimum atomic E-state index is -0.705. The third-order valence-corrected chi connectivity index (χ3v) is 4.40. The van der Waals surface area contributed by atoms with Crippen molar-refractivity contribution < 1.29 is 14.0 Å². The van der Waals surface area contributed by atoms with E-state index in [1.165, 1.54) is 0 Å². The van der Waals surface area contributed by atoms with Gasteiger partial charge in [-0.25, -0.2) is 5.43 Å². The molecule has 3 aromatic carbocycles. The smallest absolute Gasteiger partial charge is 0.273 e. The molecule has 148 valence electrons. The van der Waals surface area contributed by atoms with E-state index in [2.05, 4.69) is 15.8 Å². The van der Waals surface area contributed by atoms with E-state index < -0.39 is 11.8 Å². The summed E-state index contributed by atoms with van der Waals surface area (Å²) in [6, 6.07) is 25.2. The maximum atomic E-state index is 12.8. The molecule has 4 N–H and O–H groups in total. The third kappa shape index (κ3) is 4.05. The number of fused-ring (bicyclic) bond motifs is 1. The summed E-state index contributed by atoms with van der Waals surface area (Å²) in [5, 5.41) is 7.92. The topological polar surface area (TPSA) is 110 Å². The standard InChI is InChI=1S/C23H18N4O3/c24-21(28)18-14-15-8-4-7-13-20(15)30-23(18)27-26-22(29)17-11-5-6-12-19(17)25-16-9-2-1-3-10-16/h1-14,25H,(H2,24,28)(H,26,29)/b27-23-. The van der Waals surface area contributed by atoms with Crippen molar-refractivity contribution in [3.05, 3.63) is 102 Å². The minimum Gasteiger partial charge on any atom is -0.436 e. The highest BCUT2D eigenvalue weighted by molar-refractivity contribution is 6.00. The first-order chi connectivity index (χ1) is 14.6. The average Bonchev–Trinajstić information content (AvgIpc) is 2.78. The van der Waals surface area contributed by atoms with Crippen LogP contribution < -0.4 is 22.0 Å². The minimum absolute atomic E-state index is 0.0666. The zero-order valence-corrected chi connectivity index (χ0v) is 15.8. The van der Waals surface area contributed by atoms with Gasteiger partial charge in [0, 0.05) is 11.1 Å². The largest absolute Gasteiger partial charge is 0.436 e. The molecule has 4 aromatic rings. The average molecular weight is 398 g/mol. The molecule has 4 rings (SSSR count). The number of nitrogens with one attached hydrogen (secondary N) is 2. The SMILES string of the molecule is NC(=O)c1cc2ccccc2o/c1=N\NC(=O)c1ccccc1Nc1ccccc1. The monoisotopic (exact) mass is 398 g/mol.